The highest BCUT2D eigenvalue weighted by Crippen LogP contribution is 2.27. The van der Waals surface area contributed by atoms with Crippen LogP contribution in [0.4, 0.5) is 10.1 Å². The van der Waals surface area contributed by atoms with Crippen molar-refractivity contribution in [2.75, 3.05) is 5.32 Å². The number of nitrogens with zero attached hydrogens (tertiary/aromatic N) is 2. The first kappa shape index (κ1) is 18.3. The van der Waals surface area contributed by atoms with Gasteiger partial charge in [-0.25, -0.2) is 9.37 Å². The van der Waals surface area contributed by atoms with E-state index in [1.807, 2.05) is 47.0 Å². The molecule has 4 aromatic rings. The van der Waals surface area contributed by atoms with Gasteiger partial charge in [-0.1, -0.05) is 66.4 Å². The van der Waals surface area contributed by atoms with Crippen molar-refractivity contribution in [2.45, 2.75) is 17.5 Å². The molecule has 0 saturated heterocycles. The van der Waals surface area contributed by atoms with Crippen LogP contribution in [0.2, 0.25) is 0 Å². The first-order valence-electron chi connectivity index (χ1n) is 8.87. The lowest BCUT2D eigenvalue weighted by molar-refractivity contribution is -0.116. The molecular weight excluding hydrogens is 373 g/mol. The molecular formula is C22H18FN3OS. The Morgan fingerprint density at radius 3 is 2.50 bits per heavy atom. The van der Waals surface area contributed by atoms with Gasteiger partial charge in [-0.2, -0.15) is 0 Å². The second-order valence-corrected chi connectivity index (χ2v) is 7.21. The van der Waals surface area contributed by atoms with Crippen molar-refractivity contribution < 1.29 is 9.18 Å². The highest BCUT2D eigenvalue weighted by molar-refractivity contribution is 7.98. The number of thioether (sulfide) groups is 1. The first-order chi connectivity index (χ1) is 13.7. The molecule has 0 aliphatic carbocycles. The largest absolute Gasteiger partial charge is 0.322 e. The van der Waals surface area contributed by atoms with Crippen LogP contribution in [0.5, 0.6) is 0 Å². The smallest absolute Gasteiger partial charge is 0.244 e. The van der Waals surface area contributed by atoms with Gasteiger partial charge in [0.05, 0.1) is 16.7 Å². The zero-order valence-electron chi connectivity index (χ0n) is 15.0. The van der Waals surface area contributed by atoms with E-state index in [9.17, 15) is 9.18 Å². The van der Waals surface area contributed by atoms with E-state index in [2.05, 4.69) is 22.4 Å². The number of halogens is 1. The molecule has 1 aromatic heterocycles. The molecule has 140 valence electrons. The number of aromatic nitrogens is 2. The van der Waals surface area contributed by atoms with Crippen LogP contribution >= 0.6 is 11.8 Å². The zero-order valence-corrected chi connectivity index (χ0v) is 15.8. The molecule has 4 nitrogen and oxygen atoms in total. The summed E-state index contributed by atoms with van der Waals surface area (Å²) in [4.78, 5) is 17.2. The zero-order chi connectivity index (χ0) is 19.3. The maximum atomic E-state index is 13.8. The molecule has 0 radical (unpaired) electrons. The highest BCUT2D eigenvalue weighted by Gasteiger charge is 2.15. The second-order valence-electron chi connectivity index (χ2n) is 6.27. The number of carbonyl (C=O) groups excluding carboxylic acids is 1. The fourth-order valence-electron chi connectivity index (χ4n) is 2.93. The number of fused-ring (bicyclic) bond motifs is 1. The van der Waals surface area contributed by atoms with Gasteiger partial charge in [-0.15, -0.1) is 0 Å². The molecule has 1 heterocycles. The number of anilines is 1. The van der Waals surface area contributed by atoms with Crippen molar-refractivity contribution in [3.8, 4) is 0 Å². The van der Waals surface area contributed by atoms with Crippen LogP contribution in [0.25, 0.3) is 11.0 Å². The normalized spacial score (nSPS) is 10.9. The average Bonchev–Trinajstić information content (AvgIpc) is 3.06. The van der Waals surface area contributed by atoms with Crippen LogP contribution in [-0.4, -0.2) is 15.5 Å². The van der Waals surface area contributed by atoms with E-state index in [-0.39, 0.29) is 18.1 Å². The van der Waals surface area contributed by atoms with E-state index in [0.29, 0.717) is 0 Å². The van der Waals surface area contributed by atoms with Gasteiger partial charge in [0.1, 0.15) is 12.4 Å². The van der Waals surface area contributed by atoms with Crippen LogP contribution in [0.15, 0.2) is 84.0 Å². The predicted molar refractivity (Wildman–Crippen MR) is 111 cm³/mol. The van der Waals surface area contributed by atoms with Crippen molar-refractivity contribution in [2.24, 2.45) is 0 Å². The molecule has 0 fully saturated rings. The van der Waals surface area contributed by atoms with Crippen LogP contribution in [-0.2, 0) is 17.1 Å². The molecule has 0 bridgehead atoms. The Balaban J connectivity index is 1.58. The molecule has 6 heteroatoms. The summed E-state index contributed by atoms with van der Waals surface area (Å²) in [7, 11) is 0. The van der Waals surface area contributed by atoms with Gasteiger partial charge in [0.2, 0.25) is 5.91 Å². The molecule has 0 unspecified atom stereocenters. The maximum Gasteiger partial charge on any atom is 0.244 e. The van der Waals surface area contributed by atoms with Crippen LogP contribution < -0.4 is 5.32 Å². The number of hydrogen-bond donors (Lipinski definition) is 1. The van der Waals surface area contributed by atoms with Crippen molar-refractivity contribution >= 4 is 34.4 Å². The summed E-state index contributed by atoms with van der Waals surface area (Å²) in [6.07, 6.45) is 0. The Hall–Kier alpha value is -3.12. The highest BCUT2D eigenvalue weighted by atomic mass is 32.2. The van der Waals surface area contributed by atoms with E-state index in [1.54, 1.807) is 30.0 Å². The molecule has 3 aromatic carbocycles. The van der Waals surface area contributed by atoms with Gasteiger partial charge in [0, 0.05) is 5.75 Å². The topological polar surface area (TPSA) is 46.9 Å². The molecule has 0 saturated carbocycles. The monoisotopic (exact) mass is 391 g/mol. The molecule has 0 aliphatic rings. The Labute approximate surface area is 166 Å². The van der Waals surface area contributed by atoms with Gasteiger partial charge in [0.25, 0.3) is 0 Å². The minimum Gasteiger partial charge on any atom is -0.322 e. The molecule has 1 amide bonds. The molecule has 1 N–H and O–H groups in total. The third-order valence-corrected chi connectivity index (χ3v) is 5.33. The minimum atomic E-state index is -0.454. The third-order valence-electron chi connectivity index (χ3n) is 4.28. The standard InChI is InChI=1S/C22H18FN3OS/c23-17-10-4-5-11-18(17)24-21(27)14-26-20-13-7-6-12-19(20)25-22(26)28-15-16-8-2-1-3-9-16/h1-13H,14-15H2,(H,24,27). The summed E-state index contributed by atoms with van der Waals surface area (Å²) >= 11 is 1.58. The molecule has 0 atom stereocenters. The van der Waals surface area contributed by atoms with Gasteiger partial charge >= 0.3 is 0 Å². The van der Waals surface area contributed by atoms with E-state index >= 15 is 0 Å². The van der Waals surface area contributed by atoms with Crippen molar-refractivity contribution in [1.29, 1.82) is 0 Å². The Morgan fingerprint density at radius 2 is 1.68 bits per heavy atom. The Morgan fingerprint density at radius 1 is 0.964 bits per heavy atom. The summed E-state index contributed by atoms with van der Waals surface area (Å²) in [5.41, 5.74) is 3.07. The van der Waals surface area contributed by atoms with Gasteiger partial charge < -0.3 is 9.88 Å². The fraction of sp³-hybridized carbons (Fsp3) is 0.0909. The van der Waals surface area contributed by atoms with E-state index in [1.165, 1.54) is 11.6 Å². The lowest BCUT2D eigenvalue weighted by Gasteiger charge is -2.10. The van der Waals surface area contributed by atoms with Gasteiger partial charge in [-0.3, -0.25) is 4.79 Å². The molecule has 0 aliphatic heterocycles. The lowest BCUT2D eigenvalue weighted by atomic mass is 10.2. The molecule has 28 heavy (non-hydrogen) atoms. The Bertz CT molecular complexity index is 1110. The summed E-state index contributed by atoms with van der Waals surface area (Å²) < 4.78 is 15.7. The predicted octanol–water partition coefficient (Wildman–Crippen LogP) is 5.11. The number of rotatable bonds is 6. The quantitative estimate of drug-likeness (QED) is 0.465. The SMILES string of the molecule is O=C(Cn1c(SCc2ccccc2)nc2ccccc21)Nc1ccccc1F. The van der Waals surface area contributed by atoms with E-state index in [0.717, 1.165) is 21.9 Å². The number of hydrogen-bond acceptors (Lipinski definition) is 3. The summed E-state index contributed by atoms with van der Waals surface area (Å²) in [5, 5.41) is 3.40. The Kier molecular flexibility index (Phi) is 5.39. The fourth-order valence-corrected chi connectivity index (χ4v) is 3.90. The number of benzene rings is 3. The van der Waals surface area contributed by atoms with Crippen LogP contribution in [0.3, 0.4) is 0 Å². The number of amides is 1. The third kappa shape index (κ3) is 4.07. The first-order valence-corrected chi connectivity index (χ1v) is 9.85. The summed E-state index contributed by atoms with van der Waals surface area (Å²) in [5.74, 6) is -0.00106. The lowest BCUT2D eigenvalue weighted by Crippen LogP contribution is -2.19. The van der Waals surface area contributed by atoms with Crippen LogP contribution in [0.1, 0.15) is 5.56 Å². The van der Waals surface area contributed by atoms with Crippen molar-refractivity contribution in [3.63, 3.8) is 0 Å². The molecule has 4 rings (SSSR count). The number of imidazole rings is 1. The summed E-state index contributed by atoms with van der Waals surface area (Å²) in [6.45, 7) is 0.0615. The number of nitrogens with one attached hydrogen (secondary N) is 1. The van der Waals surface area contributed by atoms with E-state index in [4.69, 9.17) is 0 Å². The minimum absolute atomic E-state index is 0.0615. The number of para-hydroxylation sites is 3. The summed E-state index contributed by atoms with van der Waals surface area (Å²) in [6, 6.07) is 23.9. The number of carbonyl (C=O) groups is 1. The molecule has 0 spiro atoms. The van der Waals surface area contributed by atoms with Crippen molar-refractivity contribution in [1.82, 2.24) is 9.55 Å². The van der Waals surface area contributed by atoms with Gasteiger partial charge in [-0.05, 0) is 29.8 Å². The van der Waals surface area contributed by atoms with Crippen molar-refractivity contribution in [3.05, 3.63) is 90.2 Å². The maximum absolute atomic E-state index is 13.8. The second kappa shape index (κ2) is 8.27. The van der Waals surface area contributed by atoms with Crippen LogP contribution in [0, 0.1) is 5.82 Å². The van der Waals surface area contributed by atoms with E-state index < -0.39 is 5.82 Å². The average molecular weight is 391 g/mol. The van der Waals surface area contributed by atoms with Gasteiger partial charge in [0.15, 0.2) is 5.16 Å².